The first-order valence-electron chi connectivity index (χ1n) is 10.2. The second-order valence-electron chi connectivity index (χ2n) is 7.08. The number of methoxy groups -OCH3 is 1. The molecule has 0 fully saturated rings. The third-order valence-electron chi connectivity index (χ3n) is 4.91. The Labute approximate surface area is 197 Å². The standard InChI is InChI=1S/C25H26N2O3S2/c1-30-25(29)22(13-15-31-2)27-24(28)20-12-11-18(17-32-23-10-6-7-14-26-23)16-21(20)19-8-4-3-5-9-19/h3-12,14,17,22H,13,15-16H2,1-2H3,(H,27,28)/t22-/m0/s1. The molecule has 0 radical (unpaired) electrons. The number of thioether (sulfide) groups is 2. The highest BCUT2D eigenvalue weighted by Gasteiger charge is 2.25. The normalized spacial score (nSPS) is 15.5. The second kappa shape index (κ2) is 12.3. The number of rotatable bonds is 9. The van der Waals surface area contributed by atoms with Gasteiger partial charge in [0.2, 0.25) is 0 Å². The Bertz CT molecular complexity index is 1020. The fraction of sp³-hybridized carbons (Fsp3) is 0.240. The fourth-order valence-electron chi connectivity index (χ4n) is 3.26. The van der Waals surface area contributed by atoms with Gasteiger partial charge in [0.25, 0.3) is 5.91 Å². The Morgan fingerprint density at radius 2 is 1.94 bits per heavy atom. The molecule has 5 nitrogen and oxygen atoms in total. The number of carbonyl (C=O) groups is 2. The highest BCUT2D eigenvalue weighted by molar-refractivity contribution is 8.02. The van der Waals surface area contributed by atoms with Crippen LogP contribution < -0.4 is 5.32 Å². The predicted octanol–water partition coefficient (Wildman–Crippen LogP) is 4.88. The van der Waals surface area contributed by atoms with Crippen molar-refractivity contribution in [2.45, 2.75) is 23.9 Å². The van der Waals surface area contributed by atoms with Gasteiger partial charge in [-0.25, -0.2) is 9.78 Å². The molecular weight excluding hydrogens is 440 g/mol. The average Bonchev–Trinajstić information content (AvgIpc) is 2.85. The van der Waals surface area contributed by atoms with E-state index in [-0.39, 0.29) is 5.91 Å². The summed E-state index contributed by atoms with van der Waals surface area (Å²) < 4.78 is 4.89. The number of benzene rings is 1. The molecule has 0 saturated heterocycles. The summed E-state index contributed by atoms with van der Waals surface area (Å²) in [6, 6.07) is 15.0. The lowest BCUT2D eigenvalue weighted by atomic mass is 9.89. The smallest absolute Gasteiger partial charge is 0.328 e. The third kappa shape index (κ3) is 6.61. The van der Waals surface area contributed by atoms with Gasteiger partial charge in [-0.2, -0.15) is 11.8 Å². The minimum atomic E-state index is -0.672. The quantitative estimate of drug-likeness (QED) is 0.420. The first-order chi connectivity index (χ1) is 15.6. The lowest BCUT2D eigenvalue weighted by Gasteiger charge is -2.21. The summed E-state index contributed by atoms with van der Waals surface area (Å²) >= 11 is 3.17. The fourth-order valence-corrected chi connectivity index (χ4v) is 4.44. The predicted molar refractivity (Wildman–Crippen MR) is 132 cm³/mol. The number of esters is 1. The van der Waals surface area contributed by atoms with Crippen molar-refractivity contribution < 1.29 is 14.3 Å². The summed E-state index contributed by atoms with van der Waals surface area (Å²) in [5.74, 6) is 0.0485. The molecule has 2 aromatic rings. The molecule has 1 aromatic heterocycles. The molecule has 1 aliphatic rings. The number of carbonyl (C=O) groups excluding carboxylic acids is 2. The highest BCUT2D eigenvalue weighted by atomic mass is 32.2. The van der Waals surface area contributed by atoms with Crippen LogP contribution in [-0.4, -0.2) is 42.0 Å². The minimum Gasteiger partial charge on any atom is -0.467 e. The van der Waals surface area contributed by atoms with Crippen LogP contribution in [0.15, 0.2) is 88.5 Å². The molecule has 32 heavy (non-hydrogen) atoms. The highest BCUT2D eigenvalue weighted by Crippen LogP contribution is 2.33. The van der Waals surface area contributed by atoms with Crippen LogP contribution in [0.3, 0.4) is 0 Å². The van der Waals surface area contributed by atoms with Gasteiger partial charge in [-0.1, -0.05) is 54.2 Å². The molecule has 0 bridgehead atoms. The van der Waals surface area contributed by atoms with Gasteiger partial charge < -0.3 is 10.1 Å². The van der Waals surface area contributed by atoms with Crippen LogP contribution >= 0.6 is 23.5 Å². The van der Waals surface area contributed by atoms with Crippen molar-refractivity contribution >= 4 is 41.0 Å². The van der Waals surface area contributed by atoms with E-state index in [1.54, 1.807) is 29.7 Å². The number of amides is 1. The topological polar surface area (TPSA) is 68.3 Å². The van der Waals surface area contributed by atoms with Crippen molar-refractivity contribution in [1.29, 1.82) is 0 Å². The zero-order chi connectivity index (χ0) is 22.8. The molecule has 1 heterocycles. The minimum absolute atomic E-state index is 0.270. The summed E-state index contributed by atoms with van der Waals surface area (Å²) in [7, 11) is 1.34. The molecule has 1 amide bonds. The van der Waals surface area contributed by atoms with E-state index in [0.717, 1.165) is 27.5 Å². The van der Waals surface area contributed by atoms with Gasteiger partial charge in [-0.3, -0.25) is 4.79 Å². The zero-order valence-corrected chi connectivity index (χ0v) is 19.7. The number of hydrogen-bond acceptors (Lipinski definition) is 6. The summed E-state index contributed by atoms with van der Waals surface area (Å²) in [6.45, 7) is 0. The van der Waals surface area contributed by atoms with E-state index in [1.165, 1.54) is 7.11 Å². The van der Waals surface area contributed by atoms with E-state index in [1.807, 2.05) is 66.9 Å². The van der Waals surface area contributed by atoms with E-state index in [0.29, 0.717) is 18.4 Å². The monoisotopic (exact) mass is 466 g/mol. The molecule has 0 spiro atoms. The van der Waals surface area contributed by atoms with E-state index >= 15 is 0 Å². The van der Waals surface area contributed by atoms with Gasteiger partial charge in [-0.05, 0) is 65.2 Å². The Morgan fingerprint density at radius 1 is 1.16 bits per heavy atom. The molecule has 0 saturated carbocycles. The Kier molecular flexibility index (Phi) is 9.19. The lowest BCUT2D eigenvalue weighted by molar-refractivity contribution is -0.144. The summed E-state index contributed by atoms with van der Waals surface area (Å²) in [6.07, 6.45) is 8.64. The molecule has 1 atom stereocenters. The molecule has 166 valence electrons. The Morgan fingerprint density at radius 3 is 2.62 bits per heavy atom. The van der Waals surface area contributed by atoms with Crippen LogP contribution in [0.5, 0.6) is 0 Å². The number of pyridine rings is 1. The van der Waals surface area contributed by atoms with Crippen LogP contribution in [0.25, 0.3) is 5.57 Å². The number of allylic oxidation sites excluding steroid dienone is 3. The van der Waals surface area contributed by atoms with Gasteiger partial charge in [0.15, 0.2) is 0 Å². The number of nitrogens with one attached hydrogen (secondary N) is 1. The van der Waals surface area contributed by atoms with E-state index in [4.69, 9.17) is 4.74 Å². The van der Waals surface area contributed by atoms with Gasteiger partial charge in [0, 0.05) is 11.8 Å². The number of ether oxygens (including phenoxy) is 1. The van der Waals surface area contributed by atoms with Gasteiger partial charge in [0.1, 0.15) is 11.1 Å². The van der Waals surface area contributed by atoms with Crippen LogP contribution in [0, 0.1) is 0 Å². The number of nitrogens with zero attached hydrogens (tertiary/aromatic N) is 1. The first-order valence-corrected chi connectivity index (χ1v) is 12.5. The maximum atomic E-state index is 13.2. The van der Waals surface area contributed by atoms with Crippen LogP contribution in [0.1, 0.15) is 18.4 Å². The van der Waals surface area contributed by atoms with E-state index in [2.05, 4.69) is 15.7 Å². The SMILES string of the molecule is COC(=O)[C@H](CCSC)NC(=O)C1=C(c2ccccc2)CC(=CSc2ccccn2)C=C1. The summed E-state index contributed by atoms with van der Waals surface area (Å²) in [4.78, 5) is 29.7. The molecule has 3 rings (SSSR count). The number of hydrogen-bond donors (Lipinski definition) is 1. The van der Waals surface area contributed by atoms with Crippen LogP contribution in [0.2, 0.25) is 0 Å². The van der Waals surface area contributed by atoms with Crippen molar-refractivity contribution in [2.24, 2.45) is 0 Å². The molecule has 1 aromatic carbocycles. The Balaban J connectivity index is 1.85. The van der Waals surface area contributed by atoms with Gasteiger partial charge >= 0.3 is 5.97 Å². The van der Waals surface area contributed by atoms with Crippen molar-refractivity contribution in [1.82, 2.24) is 10.3 Å². The van der Waals surface area contributed by atoms with Crippen molar-refractivity contribution in [3.8, 4) is 0 Å². The summed E-state index contributed by atoms with van der Waals surface area (Å²) in [5, 5.41) is 5.85. The van der Waals surface area contributed by atoms with Crippen LogP contribution in [-0.2, 0) is 14.3 Å². The lowest BCUT2D eigenvalue weighted by Crippen LogP contribution is -2.42. The summed E-state index contributed by atoms with van der Waals surface area (Å²) in [5.41, 5.74) is 3.55. The Hall–Kier alpha value is -2.77. The van der Waals surface area contributed by atoms with E-state index < -0.39 is 12.0 Å². The first kappa shape index (κ1) is 23.9. The van der Waals surface area contributed by atoms with Crippen molar-refractivity contribution in [3.63, 3.8) is 0 Å². The zero-order valence-electron chi connectivity index (χ0n) is 18.1. The van der Waals surface area contributed by atoms with Crippen LogP contribution in [0.4, 0.5) is 0 Å². The second-order valence-corrected chi connectivity index (χ2v) is 8.95. The number of aromatic nitrogens is 1. The molecule has 1 N–H and O–H groups in total. The third-order valence-corrected chi connectivity index (χ3v) is 6.45. The van der Waals surface area contributed by atoms with E-state index in [9.17, 15) is 9.59 Å². The maximum Gasteiger partial charge on any atom is 0.328 e. The van der Waals surface area contributed by atoms with Gasteiger partial charge in [0.05, 0.1) is 7.11 Å². The van der Waals surface area contributed by atoms with Crippen molar-refractivity contribution in [2.75, 3.05) is 19.1 Å². The van der Waals surface area contributed by atoms with Gasteiger partial charge in [-0.15, -0.1) is 0 Å². The largest absolute Gasteiger partial charge is 0.467 e. The average molecular weight is 467 g/mol. The molecule has 0 unspecified atom stereocenters. The van der Waals surface area contributed by atoms with Crippen molar-refractivity contribution in [3.05, 3.63) is 89.0 Å². The molecular formula is C25H26N2O3S2. The maximum absolute atomic E-state index is 13.2. The molecule has 1 aliphatic carbocycles. The molecule has 7 heteroatoms. The molecule has 0 aliphatic heterocycles.